The van der Waals surface area contributed by atoms with Crippen LogP contribution in [0.25, 0.3) is 0 Å². The molecule has 0 spiro atoms. The molecular formula is C8H8BrF2NO2S. The van der Waals surface area contributed by atoms with E-state index in [0.717, 1.165) is 11.3 Å². The minimum absolute atomic E-state index is 0.183. The highest BCUT2D eigenvalue weighted by molar-refractivity contribution is 9.09. The Hall–Kier alpha value is -0.560. The summed E-state index contributed by atoms with van der Waals surface area (Å²) >= 11 is 3.73. The first-order valence-electron chi connectivity index (χ1n) is 3.95. The van der Waals surface area contributed by atoms with E-state index in [1.807, 2.05) is 0 Å². The first kappa shape index (κ1) is 12.5. The fourth-order valence-corrected chi connectivity index (χ4v) is 2.28. The Morgan fingerprint density at radius 3 is 2.67 bits per heavy atom. The Balaban J connectivity index is 3.00. The van der Waals surface area contributed by atoms with Crippen molar-refractivity contribution in [1.29, 1.82) is 0 Å². The highest BCUT2D eigenvalue weighted by Gasteiger charge is 2.25. The zero-order chi connectivity index (χ0) is 11.6. The van der Waals surface area contributed by atoms with E-state index in [-0.39, 0.29) is 9.88 Å². The topological polar surface area (TPSA) is 39.2 Å². The van der Waals surface area contributed by atoms with Crippen LogP contribution in [0.5, 0.6) is 0 Å². The average Bonchev–Trinajstić information content (AvgIpc) is 2.57. The minimum atomic E-state index is -2.55. The summed E-state index contributed by atoms with van der Waals surface area (Å²) in [5, 5.41) is 0.183. The van der Waals surface area contributed by atoms with Gasteiger partial charge in [0.1, 0.15) is 14.7 Å². The number of carbonyl (C=O) groups excluding carboxylic acids is 1. The number of aromatic nitrogens is 1. The molecule has 0 saturated heterocycles. The SMILES string of the molecule is COC(=O)c1sc(C(Br)C(F)F)nc1C. The van der Waals surface area contributed by atoms with Crippen LogP contribution in [0, 0.1) is 6.92 Å². The lowest BCUT2D eigenvalue weighted by molar-refractivity contribution is 0.0605. The number of hydrogen-bond donors (Lipinski definition) is 0. The van der Waals surface area contributed by atoms with Crippen molar-refractivity contribution in [2.75, 3.05) is 7.11 Å². The summed E-state index contributed by atoms with van der Waals surface area (Å²) in [5.41, 5.74) is 0.409. The Labute approximate surface area is 97.6 Å². The zero-order valence-electron chi connectivity index (χ0n) is 7.96. The number of aryl methyl sites for hydroxylation is 1. The molecule has 0 amide bonds. The van der Waals surface area contributed by atoms with Gasteiger partial charge in [-0.05, 0) is 6.92 Å². The van der Waals surface area contributed by atoms with Gasteiger partial charge in [-0.2, -0.15) is 0 Å². The molecular weight excluding hydrogens is 292 g/mol. The van der Waals surface area contributed by atoms with Crippen LogP contribution in [0.3, 0.4) is 0 Å². The molecule has 0 bridgehead atoms. The summed E-state index contributed by atoms with van der Waals surface area (Å²) in [7, 11) is 1.24. The molecule has 84 valence electrons. The largest absolute Gasteiger partial charge is 0.465 e. The van der Waals surface area contributed by atoms with Crippen LogP contribution in [0.1, 0.15) is 25.2 Å². The van der Waals surface area contributed by atoms with Crippen LogP contribution >= 0.6 is 27.3 Å². The zero-order valence-corrected chi connectivity index (χ0v) is 10.4. The summed E-state index contributed by atoms with van der Waals surface area (Å²) in [6.45, 7) is 1.58. The average molecular weight is 300 g/mol. The molecule has 0 N–H and O–H groups in total. The number of nitrogens with zero attached hydrogens (tertiary/aromatic N) is 1. The summed E-state index contributed by atoms with van der Waals surface area (Å²) in [4.78, 5) is 14.2. The summed E-state index contributed by atoms with van der Waals surface area (Å²) in [5.74, 6) is -0.551. The predicted molar refractivity (Wildman–Crippen MR) is 55.9 cm³/mol. The van der Waals surface area contributed by atoms with Gasteiger partial charge < -0.3 is 4.74 Å². The van der Waals surface area contributed by atoms with Crippen molar-refractivity contribution in [3.63, 3.8) is 0 Å². The van der Waals surface area contributed by atoms with Crippen molar-refractivity contribution in [1.82, 2.24) is 4.98 Å². The Morgan fingerprint density at radius 1 is 1.60 bits per heavy atom. The molecule has 0 fully saturated rings. The first-order chi connectivity index (χ1) is 6.97. The second-order valence-corrected chi connectivity index (χ2v) is 4.71. The fraction of sp³-hybridized carbons (Fsp3) is 0.500. The van der Waals surface area contributed by atoms with Crippen molar-refractivity contribution < 1.29 is 18.3 Å². The number of thiazole rings is 1. The summed E-state index contributed by atoms with van der Waals surface area (Å²) in [6.07, 6.45) is -2.55. The van der Waals surface area contributed by atoms with Crippen LogP contribution in [-0.4, -0.2) is 24.5 Å². The summed E-state index contributed by atoms with van der Waals surface area (Å²) in [6, 6.07) is 0. The van der Waals surface area contributed by atoms with Gasteiger partial charge in [0.05, 0.1) is 12.8 Å². The lowest BCUT2D eigenvalue weighted by Gasteiger charge is -2.02. The number of esters is 1. The first-order valence-corrected chi connectivity index (χ1v) is 5.68. The molecule has 15 heavy (non-hydrogen) atoms. The predicted octanol–water partition coefficient (Wildman–Crippen LogP) is 2.94. The standard InChI is InChI=1S/C8H8BrF2NO2S/c1-3-5(8(13)14-2)15-7(12-3)4(9)6(10)11/h4,6H,1-2H3. The third kappa shape index (κ3) is 2.72. The van der Waals surface area contributed by atoms with Gasteiger partial charge >= 0.3 is 5.97 Å². The van der Waals surface area contributed by atoms with Crippen molar-refractivity contribution in [3.05, 3.63) is 15.6 Å². The maximum absolute atomic E-state index is 12.3. The van der Waals surface area contributed by atoms with Crippen LogP contribution in [0.2, 0.25) is 0 Å². The monoisotopic (exact) mass is 299 g/mol. The molecule has 1 rings (SSSR count). The number of ether oxygens (including phenoxy) is 1. The molecule has 1 aromatic rings. The minimum Gasteiger partial charge on any atom is -0.465 e. The Bertz CT molecular complexity index is 370. The number of carbonyl (C=O) groups is 1. The van der Waals surface area contributed by atoms with E-state index in [4.69, 9.17) is 0 Å². The molecule has 1 unspecified atom stereocenters. The van der Waals surface area contributed by atoms with Gasteiger partial charge in [-0.1, -0.05) is 15.9 Å². The van der Waals surface area contributed by atoms with Crippen LogP contribution in [0.15, 0.2) is 0 Å². The second-order valence-electron chi connectivity index (χ2n) is 2.69. The number of hydrogen-bond acceptors (Lipinski definition) is 4. The normalized spacial score (nSPS) is 12.9. The van der Waals surface area contributed by atoms with E-state index >= 15 is 0 Å². The van der Waals surface area contributed by atoms with E-state index < -0.39 is 17.2 Å². The molecule has 0 radical (unpaired) electrons. The Morgan fingerprint density at radius 2 is 2.20 bits per heavy atom. The quantitative estimate of drug-likeness (QED) is 0.636. The molecule has 1 atom stereocenters. The molecule has 0 saturated carbocycles. The second kappa shape index (κ2) is 4.98. The lowest BCUT2D eigenvalue weighted by atomic mass is 10.4. The number of alkyl halides is 3. The van der Waals surface area contributed by atoms with E-state index in [9.17, 15) is 13.6 Å². The molecule has 1 heterocycles. The number of methoxy groups -OCH3 is 1. The van der Waals surface area contributed by atoms with Crippen molar-refractivity contribution >= 4 is 33.2 Å². The lowest BCUT2D eigenvalue weighted by Crippen LogP contribution is -2.00. The van der Waals surface area contributed by atoms with Gasteiger partial charge in [0.2, 0.25) is 0 Å². The van der Waals surface area contributed by atoms with Gasteiger partial charge in [0.15, 0.2) is 0 Å². The molecule has 3 nitrogen and oxygen atoms in total. The maximum atomic E-state index is 12.3. The maximum Gasteiger partial charge on any atom is 0.349 e. The fourth-order valence-electron chi connectivity index (χ4n) is 0.925. The van der Waals surface area contributed by atoms with Crippen LogP contribution in [0.4, 0.5) is 8.78 Å². The van der Waals surface area contributed by atoms with E-state index in [2.05, 4.69) is 25.7 Å². The molecule has 0 aliphatic heterocycles. The van der Waals surface area contributed by atoms with Gasteiger partial charge in [-0.15, -0.1) is 11.3 Å². The molecule has 7 heteroatoms. The number of halogens is 3. The number of rotatable bonds is 3. The van der Waals surface area contributed by atoms with E-state index in [1.54, 1.807) is 6.92 Å². The smallest absolute Gasteiger partial charge is 0.349 e. The van der Waals surface area contributed by atoms with E-state index in [1.165, 1.54) is 7.11 Å². The highest BCUT2D eigenvalue weighted by Crippen LogP contribution is 2.33. The third-order valence-corrected chi connectivity index (χ3v) is 4.00. The van der Waals surface area contributed by atoms with Crippen molar-refractivity contribution in [3.8, 4) is 0 Å². The van der Waals surface area contributed by atoms with Gasteiger partial charge in [-0.3, -0.25) is 0 Å². The van der Waals surface area contributed by atoms with Crippen molar-refractivity contribution in [2.24, 2.45) is 0 Å². The molecule has 1 aromatic heterocycles. The van der Waals surface area contributed by atoms with Gasteiger partial charge in [-0.25, -0.2) is 18.6 Å². The molecule has 0 aromatic carbocycles. The molecule has 0 aliphatic carbocycles. The van der Waals surface area contributed by atoms with Crippen LogP contribution in [-0.2, 0) is 4.74 Å². The highest BCUT2D eigenvalue weighted by atomic mass is 79.9. The Kier molecular flexibility index (Phi) is 4.15. The van der Waals surface area contributed by atoms with Crippen LogP contribution < -0.4 is 0 Å². The third-order valence-electron chi connectivity index (χ3n) is 1.64. The molecule has 0 aliphatic rings. The van der Waals surface area contributed by atoms with Gasteiger partial charge in [0.25, 0.3) is 6.43 Å². The summed E-state index contributed by atoms with van der Waals surface area (Å²) < 4.78 is 29.2. The van der Waals surface area contributed by atoms with Gasteiger partial charge in [0, 0.05) is 0 Å². The van der Waals surface area contributed by atoms with E-state index in [0.29, 0.717) is 5.69 Å². The van der Waals surface area contributed by atoms with Crippen molar-refractivity contribution in [2.45, 2.75) is 18.2 Å².